The number of halogens is 1. The minimum atomic E-state index is -0.414. The topological polar surface area (TPSA) is 58.8 Å². The number of hydrogen-bond acceptors (Lipinski definition) is 4. The van der Waals surface area contributed by atoms with Crippen LogP contribution in [0.4, 0.5) is 4.39 Å². The van der Waals surface area contributed by atoms with Gasteiger partial charge >= 0.3 is 0 Å². The largest absolute Gasteiger partial charge is 0.494 e. The van der Waals surface area contributed by atoms with Crippen LogP contribution in [0, 0.1) is 17.1 Å². The van der Waals surface area contributed by atoms with Crippen LogP contribution in [0.5, 0.6) is 5.75 Å². The lowest BCUT2D eigenvalue weighted by molar-refractivity contribution is 0.386. The summed E-state index contributed by atoms with van der Waals surface area (Å²) in [5, 5.41) is 8.72. The van der Waals surface area contributed by atoms with Crippen molar-refractivity contribution >= 4 is 12.2 Å². The third-order valence-electron chi connectivity index (χ3n) is 2.39. The standard InChI is InChI=1S/C14H10FN3O/c1-19-13-8-10(2-4-12(13)15)3-5-14-17-7-6-11(9-16)18-14/h2-8H,1H3/b5-3+. The van der Waals surface area contributed by atoms with Gasteiger partial charge in [0.1, 0.15) is 11.8 Å². The molecule has 0 N–H and O–H groups in total. The summed E-state index contributed by atoms with van der Waals surface area (Å²) < 4.78 is 18.1. The first-order valence-corrected chi connectivity index (χ1v) is 5.47. The molecular weight excluding hydrogens is 245 g/mol. The van der Waals surface area contributed by atoms with Gasteiger partial charge in [0.25, 0.3) is 0 Å². The van der Waals surface area contributed by atoms with Gasteiger partial charge in [-0.2, -0.15) is 5.26 Å². The zero-order chi connectivity index (χ0) is 13.7. The molecule has 1 heterocycles. The van der Waals surface area contributed by atoms with E-state index >= 15 is 0 Å². The molecule has 1 aromatic heterocycles. The second-order valence-electron chi connectivity index (χ2n) is 3.64. The number of benzene rings is 1. The SMILES string of the molecule is COc1cc(/C=C/c2nccc(C#N)n2)ccc1F. The fraction of sp³-hybridized carbons (Fsp3) is 0.0714. The first-order valence-electron chi connectivity index (χ1n) is 5.47. The Hall–Kier alpha value is -2.74. The van der Waals surface area contributed by atoms with E-state index in [1.807, 2.05) is 6.07 Å². The van der Waals surface area contributed by atoms with Crippen LogP contribution in [0.3, 0.4) is 0 Å². The van der Waals surface area contributed by atoms with E-state index in [0.29, 0.717) is 11.5 Å². The van der Waals surface area contributed by atoms with Crippen molar-refractivity contribution in [2.45, 2.75) is 0 Å². The van der Waals surface area contributed by atoms with Crippen molar-refractivity contribution < 1.29 is 9.13 Å². The molecule has 19 heavy (non-hydrogen) atoms. The van der Waals surface area contributed by atoms with Crippen LogP contribution < -0.4 is 4.74 Å². The average Bonchev–Trinajstić information content (AvgIpc) is 2.46. The molecule has 0 aliphatic heterocycles. The van der Waals surface area contributed by atoms with Crippen molar-refractivity contribution in [3.8, 4) is 11.8 Å². The summed E-state index contributed by atoms with van der Waals surface area (Å²) in [5.41, 5.74) is 1.05. The molecule has 0 saturated heterocycles. The van der Waals surface area contributed by atoms with Gasteiger partial charge in [-0.05, 0) is 29.8 Å². The Morgan fingerprint density at radius 1 is 1.32 bits per heavy atom. The molecule has 4 nitrogen and oxygen atoms in total. The molecule has 0 radical (unpaired) electrons. The summed E-state index contributed by atoms with van der Waals surface area (Å²) in [6, 6.07) is 7.97. The molecule has 0 atom stereocenters. The van der Waals surface area contributed by atoms with Crippen LogP contribution in [0.2, 0.25) is 0 Å². The van der Waals surface area contributed by atoms with Crippen LogP contribution in [-0.4, -0.2) is 17.1 Å². The fourth-order valence-corrected chi connectivity index (χ4v) is 1.47. The van der Waals surface area contributed by atoms with E-state index in [1.54, 1.807) is 24.3 Å². The van der Waals surface area contributed by atoms with Crippen LogP contribution in [0.1, 0.15) is 17.1 Å². The Balaban J connectivity index is 2.25. The number of aromatic nitrogens is 2. The third-order valence-corrected chi connectivity index (χ3v) is 2.39. The second-order valence-corrected chi connectivity index (χ2v) is 3.64. The first-order chi connectivity index (χ1) is 9.22. The normalized spacial score (nSPS) is 10.4. The van der Waals surface area contributed by atoms with E-state index in [9.17, 15) is 4.39 Å². The summed E-state index contributed by atoms with van der Waals surface area (Å²) in [6.45, 7) is 0. The Morgan fingerprint density at radius 3 is 2.89 bits per heavy atom. The minimum absolute atomic E-state index is 0.175. The molecule has 0 saturated carbocycles. The van der Waals surface area contributed by atoms with Gasteiger partial charge in [0.15, 0.2) is 17.4 Å². The Morgan fingerprint density at radius 2 is 2.16 bits per heavy atom. The molecule has 5 heteroatoms. The maximum Gasteiger partial charge on any atom is 0.165 e. The zero-order valence-corrected chi connectivity index (χ0v) is 10.2. The maximum absolute atomic E-state index is 13.2. The van der Waals surface area contributed by atoms with Crippen LogP contribution in [0.15, 0.2) is 30.5 Å². The van der Waals surface area contributed by atoms with Gasteiger partial charge in [-0.25, -0.2) is 14.4 Å². The van der Waals surface area contributed by atoms with E-state index in [2.05, 4.69) is 9.97 Å². The van der Waals surface area contributed by atoms with E-state index < -0.39 is 5.82 Å². The lowest BCUT2D eigenvalue weighted by atomic mass is 10.2. The minimum Gasteiger partial charge on any atom is -0.494 e. The average molecular weight is 255 g/mol. The summed E-state index contributed by atoms with van der Waals surface area (Å²) in [7, 11) is 1.41. The van der Waals surface area contributed by atoms with Crippen molar-refractivity contribution in [2.75, 3.05) is 7.11 Å². The molecule has 2 aromatic rings. The van der Waals surface area contributed by atoms with Crippen molar-refractivity contribution in [1.29, 1.82) is 5.26 Å². The number of hydrogen-bond donors (Lipinski definition) is 0. The Kier molecular flexibility index (Phi) is 3.84. The highest BCUT2D eigenvalue weighted by molar-refractivity contribution is 5.67. The molecule has 1 aromatic carbocycles. The van der Waals surface area contributed by atoms with E-state index in [-0.39, 0.29) is 5.75 Å². The quantitative estimate of drug-likeness (QED) is 0.846. The molecular formula is C14H10FN3O. The fourth-order valence-electron chi connectivity index (χ4n) is 1.47. The molecule has 0 aliphatic carbocycles. The molecule has 0 unspecified atom stereocenters. The van der Waals surface area contributed by atoms with Crippen molar-refractivity contribution in [3.63, 3.8) is 0 Å². The predicted molar refractivity (Wildman–Crippen MR) is 68.6 cm³/mol. The van der Waals surface area contributed by atoms with Gasteiger partial charge in [-0.3, -0.25) is 0 Å². The van der Waals surface area contributed by atoms with E-state index in [4.69, 9.17) is 10.00 Å². The van der Waals surface area contributed by atoms with Crippen molar-refractivity contribution in [3.05, 3.63) is 53.4 Å². The van der Waals surface area contributed by atoms with Crippen LogP contribution in [-0.2, 0) is 0 Å². The van der Waals surface area contributed by atoms with Gasteiger partial charge in [-0.15, -0.1) is 0 Å². The molecule has 0 spiro atoms. The molecule has 0 amide bonds. The number of ether oxygens (including phenoxy) is 1. The molecule has 94 valence electrons. The van der Waals surface area contributed by atoms with Gasteiger partial charge < -0.3 is 4.74 Å². The van der Waals surface area contributed by atoms with Crippen molar-refractivity contribution in [2.24, 2.45) is 0 Å². The number of rotatable bonds is 3. The smallest absolute Gasteiger partial charge is 0.165 e. The highest BCUT2D eigenvalue weighted by Gasteiger charge is 2.01. The number of nitriles is 1. The van der Waals surface area contributed by atoms with Crippen LogP contribution in [0.25, 0.3) is 12.2 Å². The summed E-state index contributed by atoms with van der Waals surface area (Å²) in [5.74, 6) is 0.179. The highest BCUT2D eigenvalue weighted by Crippen LogP contribution is 2.19. The van der Waals surface area contributed by atoms with E-state index in [0.717, 1.165) is 5.56 Å². The zero-order valence-electron chi connectivity index (χ0n) is 10.2. The first kappa shape index (κ1) is 12.7. The summed E-state index contributed by atoms with van der Waals surface area (Å²) >= 11 is 0. The maximum atomic E-state index is 13.2. The molecule has 0 fully saturated rings. The van der Waals surface area contributed by atoms with Gasteiger partial charge in [0.05, 0.1) is 7.11 Å². The van der Waals surface area contributed by atoms with Gasteiger partial charge in [-0.1, -0.05) is 12.1 Å². The molecule has 2 rings (SSSR count). The summed E-state index contributed by atoms with van der Waals surface area (Å²) in [4.78, 5) is 8.01. The Labute approximate surface area is 109 Å². The van der Waals surface area contributed by atoms with Crippen LogP contribution >= 0.6 is 0 Å². The number of nitrogens with zero attached hydrogens (tertiary/aromatic N) is 3. The third kappa shape index (κ3) is 3.13. The van der Waals surface area contributed by atoms with Gasteiger partial charge in [0, 0.05) is 6.20 Å². The van der Waals surface area contributed by atoms with Gasteiger partial charge in [0.2, 0.25) is 0 Å². The second kappa shape index (κ2) is 5.74. The highest BCUT2D eigenvalue weighted by atomic mass is 19.1. The molecule has 0 bridgehead atoms. The molecule has 0 aliphatic rings. The van der Waals surface area contributed by atoms with Crippen molar-refractivity contribution in [1.82, 2.24) is 9.97 Å². The lowest BCUT2D eigenvalue weighted by Crippen LogP contribution is -1.90. The number of methoxy groups -OCH3 is 1. The summed E-state index contributed by atoms with van der Waals surface area (Å²) in [6.07, 6.45) is 4.88. The van der Waals surface area contributed by atoms with E-state index in [1.165, 1.54) is 25.4 Å². The Bertz CT molecular complexity index is 662. The monoisotopic (exact) mass is 255 g/mol. The predicted octanol–water partition coefficient (Wildman–Crippen LogP) is 2.67. The lowest BCUT2D eigenvalue weighted by Gasteiger charge is -2.02.